The third-order valence-electron chi connectivity index (χ3n) is 25.3. The first-order chi connectivity index (χ1) is 70.3. The Bertz CT molecular complexity index is 3960. The lowest BCUT2D eigenvalue weighted by molar-refractivity contribution is -0.301. The Labute approximate surface area is 851 Å². The monoisotopic (exact) mass is 2140 g/mol. The summed E-state index contributed by atoms with van der Waals surface area (Å²) in [5.74, 6) is -9.94. The molecule has 57 heteroatoms. The van der Waals surface area contributed by atoms with Crippen LogP contribution in [0, 0.1) is 11.8 Å². The van der Waals surface area contributed by atoms with Crippen molar-refractivity contribution in [3.05, 3.63) is 0 Å². The zero-order valence-electron chi connectivity index (χ0n) is 82.7. The van der Waals surface area contributed by atoms with Crippen molar-refractivity contribution in [3.63, 3.8) is 0 Å². The van der Waals surface area contributed by atoms with E-state index in [1.165, 1.54) is 6.92 Å². The van der Waals surface area contributed by atoms with Gasteiger partial charge in [-0.2, -0.15) is 0 Å². The first kappa shape index (κ1) is 131. The van der Waals surface area contributed by atoms with E-state index in [-0.39, 0.29) is 154 Å². The third kappa shape index (κ3) is 43.6. The van der Waals surface area contributed by atoms with E-state index in [0.717, 1.165) is 0 Å². The molecule has 6 aliphatic heterocycles. The van der Waals surface area contributed by atoms with E-state index >= 15 is 0 Å². The molecule has 0 saturated carbocycles. The van der Waals surface area contributed by atoms with Gasteiger partial charge in [0.2, 0.25) is 41.4 Å². The summed E-state index contributed by atoms with van der Waals surface area (Å²) in [5.41, 5.74) is 5.53. The summed E-state index contributed by atoms with van der Waals surface area (Å²) in [4.78, 5) is 171. The smallest absolute Gasteiger partial charge is 0.242 e. The second-order valence-corrected chi connectivity index (χ2v) is 36.8. The number of amides is 7. The number of nitrogens with one attached hydrogen (secondary N) is 7. The normalized spacial score (nSPS) is 31.2. The van der Waals surface area contributed by atoms with Crippen molar-refractivity contribution < 1.29 is 242 Å². The van der Waals surface area contributed by atoms with E-state index in [2.05, 4.69) is 37.2 Å². The van der Waals surface area contributed by atoms with Crippen LogP contribution in [0.5, 0.6) is 0 Å². The number of hydrogen-bond acceptors (Lipinski definition) is 50. The molecule has 0 aromatic heterocycles. The van der Waals surface area contributed by atoms with E-state index in [4.69, 9.17) is 62.6 Å². The molecule has 57 nitrogen and oxygen atoms in total. The molecule has 0 bridgehead atoms. The van der Waals surface area contributed by atoms with Crippen LogP contribution in [-0.4, -0.2) is 513 Å². The van der Waals surface area contributed by atoms with Gasteiger partial charge in [-0.15, -0.1) is 0 Å². The van der Waals surface area contributed by atoms with Gasteiger partial charge in [-0.3, -0.25) is 62.3 Å². The van der Waals surface area contributed by atoms with Gasteiger partial charge in [0.15, 0.2) is 43.5 Å². The number of aliphatic hydroxyl groups is 24. The van der Waals surface area contributed by atoms with Crippen molar-refractivity contribution in [2.45, 2.75) is 370 Å². The number of rotatable bonds is 69. The lowest BCUT2D eigenvalue weighted by Crippen LogP contribution is -2.59. The van der Waals surface area contributed by atoms with E-state index in [1.807, 2.05) is 0 Å². The third-order valence-corrected chi connectivity index (χ3v) is 25.3. The second-order valence-electron chi connectivity index (χ2n) is 36.8. The molecule has 6 rings (SSSR count). The van der Waals surface area contributed by atoms with Crippen LogP contribution in [0.3, 0.4) is 0 Å². The molecular weight excluding hydrogens is 1990 g/mol. The molecule has 6 saturated heterocycles. The fraction of sp³-hybridized carbons (Fsp3) is 0.857. The van der Waals surface area contributed by atoms with Crippen molar-refractivity contribution >= 4 is 76.0 Å². The number of aliphatic hydroxyl groups excluding tert-OH is 24. The van der Waals surface area contributed by atoms with Gasteiger partial charge in [-0.05, 0) is 84.1 Å². The molecular formula is C91H156N8O49. The number of ketones is 6. The molecule has 0 radical (unpaired) electrons. The summed E-state index contributed by atoms with van der Waals surface area (Å²) in [6.07, 6.45) is -47.7. The van der Waals surface area contributed by atoms with Crippen LogP contribution < -0.4 is 43.0 Å². The van der Waals surface area contributed by atoms with Crippen LogP contribution in [0.4, 0.5) is 0 Å². The Hall–Kier alpha value is -7.17. The summed E-state index contributed by atoms with van der Waals surface area (Å²) in [6.45, 7) is -3.70. The maximum absolute atomic E-state index is 13.7. The maximum atomic E-state index is 13.7. The Morgan fingerprint density at radius 1 is 0.264 bits per heavy atom. The second kappa shape index (κ2) is 69.6. The Balaban J connectivity index is 0.000000523. The van der Waals surface area contributed by atoms with Gasteiger partial charge >= 0.3 is 0 Å². The number of carbonyl (C=O) groups excluding carboxylic acids is 13. The van der Waals surface area contributed by atoms with Crippen LogP contribution >= 0.6 is 0 Å². The molecule has 0 aromatic carbocycles. The SMILES string of the molecule is CC(=O)[C@H](CCCCN)NC(=O)CCCCC(=O)N[C@@H](CCC(=O)C[C@@H](CC(=O)CCCO[C@H]1O[C@H](CO)[C@@H](O)[C@H](O)[C@@H]1O)C(=O)NCCO[C@H]1O[C@H](CO)[C@@H](O)[C@H](O)[C@@H]1O)C(=O)NCCO[C@H]1O[C@H](CO)[C@@H](O)[C@H](O)[C@@H]1O.CCC(=O)CCCCC(=O)N[C@@H](CCC(=O)C[C@@H](CC(=O)CCCO[C@H]1O[C@H](CO)[C@@H](O)[C@H](O)[C@@H]1O)C(=O)NCCO[C@H]1O[C@H](CO)[C@@H](O)[C@H](O)[C@@H]1O)C(=O)NCCO[C@H]1O[C@H](CO)[C@@H](O)[C@H](O)[C@@H]1O. The average Bonchev–Trinajstić information content (AvgIpc) is 0.836. The van der Waals surface area contributed by atoms with Gasteiger partial charge in [-0.25, -0.2) is 0 Å². The minimum atomic E-state index is -1.74. The molecule has 6 heterocycles. The quantitative estimate of drug-likeness (QED) is 0.0251. The van der Waals surface area contributed by atoms with Gasteiger partial charge in [0.1, 0.15) is 187 Å². The van der Waals surface area contributed by atoms with Gasteiger partial charge in [0, 0.05) is 110 Å². The largest absolute Gasteiger partial charge is 0.394 e. The van der Waals surface area contributed by atoms with E-state index in [9.17, 15) is 185 Å². The van der Waals surface area contributed by atoms with Crippen LogP contribution in [0.1, 0.15) is 168 Å². The van der Waals surface area contributed by atoms with Crippen molar-refractivity contribution in [1.29, 1.82) is 0 Å². The molecule has 148 heavy (non-hydrogen) atoms. The maximum Gasteiger partial charge on any atom is 0.242 e. The van der Waals surface area contributed by atoms with Crippen LogP contribution in [0.25, 0.3) is 0 Å². The Kier molecular flexibility index (Phi) is 61.7. The average molecular weight is 2150 g/mol. The minimum absolute atomic E-state index is 0.00202. The number of Topliss-reactive ketones (excluding diaryl/α,β-unsaturated/α-hetero) is 6. The lowest BCUT2D eigenvalue weighted by Gasteiger charge is -2.39. The fourth-order valence-electron chi connectivity index (χ4n) is 16.3. The summed E-state index contributed by atoms with van der Waals surface area (Å²) >= 11 is 0. The van der Waals surface area contributed by atoms with Crippen molar-refractivity contribution in [2.75, 3.05) is 112 Å². The predicted octanol–water partition coefficient (Wildman–Crippen LogP) is -15.2. The summed E-state index contributed by atoms with van der Waals surface area (Å²) < 4.78 is 64.3. The number of carbonyl (C=O) groups is 13. The molecule has 6 fully saturated rings. The van der Waals surface area contributed by atoms with Gasteiger partial charge in [-0.1, -0.05) is 6.92 Å². The predicted molar refractivity (Wildman–Crippen MR) is 494 cm³/mol. The highest BCUT2D eigenvalue weighted by atomic mass is 16.7. The molecule has 0 spiro atoms. The molecule has 7 amide bonds. The fourth-order valence-corrected chi connectivity index (χ4v) is 16.3. The summed E-state index contributed by atoms with van der Waals surface area (Å²) in [6, 6.07) is -3.40. The number of ether oxygens (including phenoxy) is 12. The van der Waals surface area contributed by atoms with Crippen molar-refractivity contribution in [3.8, 4) is 0 Å². The lowest BCUT2D eigenvalue weighted by atomic mass is 9.92. The molecule has 33 N–H and O–H groups in total. The first-order valence-electron chi connectivity index (χ1n) is 49.7. The standard InChI is InChI=1S/C48H83N5O25.C43H73N3O24/c1-24(57)28(8-4-5-13-49)52-33(60)9-2-3-10-34(61)53-29(45(72)51-15-18-75-48-43(70)40(67)37(64)32(23-56)78-48)12-11-27(59)20-25(44(71)50-14-17-74-47-42(69)39(66)36(63)31(22-55)77-47)19-26(58)7-6-16-73-46-41(68)38(65)35(62)30(21-54)76-46;1-2-22(50)6-3-4-8-29(53)46-25(40(64)45-12-15-67-43-38(62)35(59)32(56)28(20-49)70-43)10-9-24(52)17-21(39(63)44-11-14-66-42-37(61)34(58)31(55)27(19-48)69-42)16-23(51)7-5-13-65-41-36(60)33(57)30(54)26(18-47)68-41/h25,28-32,35-43,46-48,54-56,62-70H,2-23,49H2,1H3,(H,50,71)(H,51,72)(H,52,60)(H,53,61);21,25-28,30-38,41-43,47-49,54-62H,2-20H2,1H3,(H,44,63)(H,45,64)(H,46,53)/t25-,28+,29+,30-,31-,32-,35-,36-,37-,38+,39+,40+,41+,42+,43+,46+,47+,48+;21-,25+,26-,27-,28-,30-,31-,32-,33+,34+,35+,36+,37+,38+,41+,42+,43+/m11/s1. The van der Waals surface area contributed by atoms with Crippen LogP contribution in [0.15, 0.2) is 0 Å². The molecule has 0 aromatic rings. The van der Waals surface area contributed by atoms with Crippen molar-refractivity contribution in [2.24, 2.45) is 17.6 Å². The molecule has 0 aliphatic carbocycles. The zero-order valence-corrected chi connectivity index (χ0v) is 82.7. The number of unbranched alkanes of at least 4 members (excludes halogenated alkanes) is 3. The van der Waals surface area contributed by atoms with Crippen molar-refractivity contribution in [1.82, 2.24) is 37.2 Å². The summed E-state index contributed by atoms with van der Waals surface area (Å²) in [7, 11) is 0. The number of nitrogens with two attached hydrogens (primary N) is 1. The first-order valence-corrected chi connectivity index (χ1v) is 49.7. The highest BCUT2D eigenvalue weighted by molar-refractivity contribution is 5.94. The van der Waals surface area contributed by atoms with Gasteiger partial charge < -0.3 is 222 Å². The van der Waals surface area contributed by atoms with E-state index in [1.54, 1.807) is 6.92 Å². The highest BCUT2D eigenvalue weighted by Gasteiger charge is 2.51. The minimum Gasteiger partial charge on any atom is -0.394 e. The number of hydrogen-bond donors (Lipinski definition) is 32. The Morgan fingerprint density at radius 3 is 0.736 bits per heavy atom. The van der Waals surface area contributed by atoms with Gasteiger partial charge in [0.05, 0.1) is 97.2 Å². The topological polar surface area (TPSA) is 928 Å². The van der Waals surface area contributed by atoms with E-state index < -0.39 is 357 Å². The van der Waals surface area contributed by atoms with Gasteiger partial charge in [0.25, 0.3) is 0 Å². The molecule has 35 atom stereocenters. The zero-order chi connectivity index (χ0) is 110. The molecule has 854 valence electrons. The highest BCUT2D eigenvalue weighted by Crippen LogP contribution is 2.30. The van der Waals surface area contributed by atoms with E-state index in [0.29, 0.717) is 45.1 Å². The molecule has 0 unspecified atom stereocenters. The Morgan fingerprint density at radius 2 is 0.493 bits per heavy atom. The summed E-state index contributed by atoms with van der Waals surface area (Å²) in [5, 5.41) is 257. The van der Waals surface area contributed by atoms with Crippen LogP contribution in [0.2, 0.25) is 0 Å². The van der Waals surface area contributed by atoms with Crippen LogP contribution in [-0.2, 0) is 119 Å². The molecule has 6 aliphatic rings.